The number of amides is 1. The maximum atomic E-state index is 12.2. The molecule has 1 amide bonds. The van der Waals surface area contributed by atoms with E-state index in [2.05, 4.69) is 10.5 Å². The lowest BCUT2D eigenvalue weighted by molar-refractivity contribution is 0.102. The van der Waals surface area contributed by atoms with Gasteiger partial charge in [0.2, 0.25) is 0 Å². The van der Waals surface area contributed by atoms with Crippen LogP contribution in [0.15, 0.2) is 53.7 Å². The predicted octanol–water partition coefficient (Wildman–Crippen LogP) is 2.34. The summed E-state index contributed by atoms with van der Waals surface area (Å²) in [5.41, 5.74) is 8.02. The van der Waals surface area contributed by atoms with Crippen molar-refractivity contribution in [2.24, 2.45) is 10.9 Å². The molecule has 0 spiro atoms. The third-order valence-corrected chi connectivity index (χ3v) is 2.95. The molecule has 0 aliphatic rings. The van der Waals surface area contributed by atoms with Gasteiger partial charge >= 0.3 is 0 Å². The van der Waals surface area contributed by atoms with Crippen LogP contribution in [0.3, 0.4) is 0 Å². The molecule has 0 radical (unpaired) electrons. The van der Waals surface area contributed by atoms with E-state index in [1.54, 1.807) is 36.4 Å². The van der Waals surface area contributed by atoms with E-state index in [9.17, 15) is 4.79 Å². The first-order chi connectivity index (χ1) is 9.63. The third-order valence-electron chi connectivity index (χ3n) is 2.95. The zero-order valence-corrected chi connectivity index (χ0v) is 11.0. The molecule has 2 aromatic carbocycles. The van der Waals surface area contributed by atoms with E-state index in [0.717, 1.165) is 5.56 Å². The van der Waals surface area contributed by atoms with Crippen LogP contribution in [0.2, 0.25) is 0 Å². The van der Waals surface area contributed by atoms with Crippen molar-refractivity contribution in [1.82, 2.24) is 0 Å². The summed E-state index contributed by atoms with van der Waals surface area (Å²) in [6.07, 6.45) is 0. The van der Waals surface area contributed by atoms with E-state index in [-0.39, 0.29) is 11.7 Å². The molecule has 0 atom stereocenters. The molecule has 0 aromatic heterocycles. The topological polar surface area (TPSA) is 87.7 Å². The lowest BCUT2D eigenvalue weighted by Crippen LogP contribution is -2.19. The second-order valence-electron chi connectivity index (χ2n) is 4.30. The van der Waals surface area contributed by atoms with E-state index in [1.165, 1.54) is 0 Å². The average molecular weight is 269 g/mol. The maximum Gasteiger partial charge on any atom is 0.255 e. The van der Waals surface area contributed by atoms with Crippen molar-refractivity contribution in [3.63, 3.8) is 0 Å². The highest BCUT2D eigenvalue weighted by Crippen LogP contribution is 2.17. The molecule has 2 aromatic rings. The van der Waals surface area contributed by atoms with Gasteiger partial charge in [-0.25, -0.2) is 0 Å². The number of anilines is 1. The minimum absolute atomic E-state index is 0.0503. The fourth-order valence-electron chi connectivity index (χ4n) is 1.89. The molecule has 0 aliphatic heterocycles. The van der Waals surface area contributed by atoms with Crippen molar-refractivity contribution in [2.45, 2.75) is 6.92 Å². The van der Waals surface area contributed by atoms with Crippen molar-refractivity contribution < 1.29 is 10.0 Å². The summed E-state index contributed by atoms with van der Waals surface area (Å²) in [4.78, 5) is 12.2. The largest absolute Gasteiger partial charge is 0.409 e. The number of amidine groups is 1. The molecule has 4 N–H and O–H groups in total. The molecule has 5 heteroatoms. The smallest absolute Gasteiger partial charge is 0.255 e. The van der Waals surface area contributed by atoms with Gasteiger partial charge in [-0.3, -0.25) is 4.79 Å². The van der Waals surface area contributed by atoms with Crippen molar-refractivity contribution in [1.29, 1.82) is 0 Å². The molecular formula is C15H15N3O2. The van der Waals surface area contributed by atoms with Crippen LogP contribution in [0.4, 0.5) is 5.69 Å². The van der Waals surface area contributed by atoms with Crippen LogP contribution in [-0.4, -0.2) is 17.0 Å². The Bertz CT molecular complexity index is 666. The lowest BCUT2D eigenvalue weighted by atomic mass is 10.1. The predicted molar refractivity (Wildman–Crippen MR) is 78.1 cm³/mol. The summed E-state index contributed by atoms with van der Waals surface area (Å²) in [5.74, 6) is -0.285. The lowest BCUT2D eigenvalue weighted by Gasteiger charge is -2.11. The summed E-state index contributed by atoms with van der Waals surface area (Å²) in [6, 6.07) is 14.2. The number of para-hydroxylation sites is 1. The fraction of sp³-hybridized carbons (Fsp3) is 0.0667. The molecule has 0 bridgehead atoms. The summed E-state index contributed by atoms with van der Waals surface area (Å²) >= 11 is 0. The van der Waals surface area contributed by atoms with Crippen molar-refractivity contribution in [3.05, 3.63) is 65.2 Å². The van der Waals surface area contributed by atoms with Gasteiger partial charge in [-0.05, 0) is 30.7 Å². The van der Waals surface area contributed by atoms with Gasteiger partial charge in [0.25, 0.3) is 5.91 Å². The van der Waals surface area contributed by atoms with Crippen molar-refractivity contribution in [3.8, 4) is 0 Å². The minimum Gasteiger partial charge on any atom is -0.409 e. The van der Waals surface area contributed by atoms with Gasteiger partial charge < -0.3 is 16.3 Å². The maximum absolute atomic E-state index is 12.2. The molecule has 20 heavy (non-hydrogen) atoms. The number of carbonyl (C=O) groups excluding carboxylic acids is 1. The van der Waals surface area contributed by atoms with Gasteiger partial charge in [0.1, 0.15) is 0 Å². The number of benzene rings is 2. The molecule has 0 saturated heterocycles. The van der Waals surface area contributed by atoms with Gasteiger partial charge in [0, 0.05) is 11.1 Å². The van der Waals surface area contributed by atoms with Gasteiger partial charge in [0.15, 0.2) is 5.84 Å². The van der Waals surface area contributed by atoms with Gasteiger partial charge in [-0.15, -0.1) is 0 Å². The monoisotopic (exact) mass is 269 g/mol. The molecule has 0 heterocycles. The minimum atomic E-state index is -0.235. The second-order valence-corrected chi connectivity index (χ2v) is 4.30. The Balaban J connectivity index is 2.32. The summed E-state index contributed by atoms with van der Waals surface area (Å²) in [5, 5.41) is 14.5. The van der Waals surface area contributed by atoms with Crippen LogP contribution < -0.4 is 11.1 Å². The molecule has 2 rings (SSSR count). The zero-order valence-electron chi connectivity index (χ0n) is 11.0. The second kappa shape index (κ2) is 5.88. The number of oxime groups is 1. The van der Waals surface area contributed by atoms with Crippen LogP contribution in [0.1, 0.15) is 21.5 Å². The van der Waals surface area contributed by atoms with Crippen LogP contribution >= 0.6 is 0 Å². The summed E-state index contributed by atoms with van der Waals surface area (Å²) < 4.78 is 0. The van der Waals surface area contributed by atoms with E-state index >= 15 is 0 Å². The third kappa shape index (κ3) is 2.77. The molecule has 102 valence electrons. The SMILES string of the molecule is Cc1ccccc1C(=O)Nc1ccccc1/C(N)=N/O. The number of hydrogen-bond donors (Lipinski definition) is 3. The molecule has 0 fully saturated rings. The average Bonchev–Trinajstić information content (AvgIpc) is 2.47. The fourth-order valence-corrected chi connectivity index (χ4v) is 1.89. The van der Waals surface area contributed by atoms with Crippen molar-refractivity contribution >= 4 is 17.4 Å². The molecule has 5 nitrogen and oxygen atoms in total. The number of aryl methyl sites for hydroxylation is 1. The number of nitrogens with one attached hydrogen (secondary N) is 1. The molecule has 0 unspecified atom stereocenters. The highest BCUT2D eigenvalue weighted by molar-refractivity contribution is 6.10. The Morgan fingerprint density at radius 3 is 2.35 bits per heavy atom. The Morgan fingerprint density at radius 2 is 1.70 bits per heavy atom. The first-order valence-electron chi connectivity index (χ1n) is 6.07. The number of rotatable bonds is 3. The first kappa shape index (κ1) is 13.6. The number of carbonyl (C=O) groups is 1. The zero-order chi connectivity index (χ0) is 14.5. The number of nitrogens with two attached hydrogens (primary N) is 1. The Hall–Kier alpha value is -2.82. The summed E-state index contributed by atoms with van der Waals surface area (Å²) in [7, 11) is 0. The Labute approximate surface area is 116 Å². The van der Waals surface area contributed by atoms with E-state index in [1.807, 2.05) is 19.1 Å². The standard InChI is InChI=1S/C15H15N3O2/c1-10-6-2-3-7-11(10)15(19)17-13-9-5-4-8-12(13)14(16)18-20/h2-9,20H,1H3,(H2,16,18)(H,17,19). The van der Waals surface area contributed by atoms with Crippen LogP contribution in [0.5, 0.6) is 0 Å². The van der Waals surface area contributed by atoms with Gasteiger partial charge in [0.05, 0.1) is 5.69 Å². The highest BCUT2D eigenvalue weighted by atomic mass is 16.4. The Morgan fingerprint density at radius 1 is 1.10 bits per heavy atom. The normalized spacial score (nSPS) is 11.2. The number of hydrogen-bond acceptors (Lipinski definition) is 3. The van der Waals surface area contributed by atoms with Crippen molar-refractivity contribution in [2.75, 3.05) is 5.32 Å². The number of nitrogens with zero attached hydrogens (tertiary/aromatic N) is 1. The van der Waals surface area contributed by atoms with E-state index in [4.69, 9.17) is 10.9 Å². The van der Waals surface area contributed by atoms with E-state index in [0.29, 0.717) is 16.8 Å². The summed E-state index contributed by atoms with van der Waals surface area (Å²) in [6.45, 7) is 1.87. The van der Waals surface area contributed by atoms with Crippen LogP contribution in [0.25, 0.3) is 0 Å². The molecule has 0 saturated carbocycles. The first-order valence-corrected chi connectivity index (χ1v) is 6.07. The van der Waals surface area contributed by atoms with Crippen LogP contribution in [0, 0.1) is 6.92 Å². The quantitative estimate of drug-likeness (QED) is 0.346. The van der Waals surface area contributed by atoms with Crippen LogP contribution in [-0.2, 0) is 0 Å². The molecule has 0 aliphatic carbocycles. The Kier molecular flexibility index (Phi) is 4.00. The molecular weight excluding hydrogens is 254 g/mol. The van der Waals surface area contributed by atoms with Gasteiger partial charge in [-0.1, -0.05) is 35.5 Å². The van der Waals surface area contributed by atoms with Gasteiger partial charge in [-0.2, -0.15) is 0 Å². The highest BCUT2D eigenvalue weighted by Gasteiger charge is 2.12. The van der Waals surface area contributed by atoms with E-state index < -0.39 is 0 Å².